The van der Waals surface area contributed by atoms with Gasteiger partial charge in [-0.3, -0.25) is 4.79 Å². The lowest BCUT2D eigenvalue weighted by molar-refractivity contribution is -0.138. The number of amides is 1. The molecule has 2 aliphatic rings. The SMILES string of the molecule is CCC1(CC)CCN(C(=O)C2CCCNC2)CC1. The summed E-state index contributed by atoms with van der Waals surface area (Å²) in [5, 5.41) is 3.35. The highest BCUT2D eigenvalue weighted by atomic mass is 16.2. The third-order valence-corrected chi connectivity index (χ3v) is 5.28. The molecule has 1 unspecified atom stereocenters. The number of carbonyl (C=O) groups is 1. The molecule has 1 amide bonds. The zero-order chi connectivity index (χ0) is 13.0. The van der Waals surface area contributed by atoms with E-state index in [0.717, 1.165) is 39.0 Å². The summed E-state index contributed by atoms with van der Waals surface area (Å²) < 4.78 is 0. The van der Waals surface area contributed by atoms with Crippen LogP contribution >= 0.6 is 0 Å². The fourth-order valence-corrected chi connectivity index (χ4v) is 3.48. The predicted octanol–water partition coefficient (Wildman–Crippen LogP) is 2.41. The molecule has 3 nitrogen and oxygen atoms in total. The van der Waals surface area contributed by atoms with Crippen molar-refractivity contribution >= 4 is 5.91 Å². The van der Waals surface area contributed by atoms with Gasteiger partial charge in [0, 0.05) is 19.6 Å². The monoisotopic (exact) mass is 252 g/mol. The molecule has 2 heterocycles. The van der Waals surface area contributed by atoms with Gasteiger partial charge in [0.15, 0.2) is 0 Å². The van der Waals surface area contributed by atoms with Crippen LogP contribution in [0.15, 0.2) is 0 Å². The Morgan fingerprint density at radius 1 is 1.28 bits per heavy atom. The number of piperidine rings is 2. The van der Waals surface area contributed by atoms with Crippen LogP contribution in [0, 0.1) is 11.3 Å². The van der Waals surface area contributed by atoms with Gasteiger partial charge in [0.2, 0.25) is 5.91 Å². The van der Waals surface area contributed by atoms with Crippen molar-refractivity contribution in [2.75, 3.05) is 26.2 Å². The van der Waals surface area contributed by atoms with Gasteiger partial charge in [-0.25, -0.2) is 0 Å². The van der Waals surface area contributed by atoms with Crippen LogP contribution in [0.1, 0.15) is 52.4 Å². The number of nitrogens with one attached hydrogen (secondary N) is 1. The first kappa shape index (κ1) is 13.9. The van der Waals surface area contributed by atoms with Crippen molar-refractivity contribution < 1.29 is 4.79 Å². The van der Waals surface area contributed by atoms with E-state index in [-0.39, 0.29) is 5.92 Å². The standard InChI is InChI=1S/C15H28N2O/c1-3-15(4-2)7-10-17(11-8-15)14(18)13-6-5-9-16-12-13/h13,16H,3-12H2,1-2H3. The molecule has 0 aliphatic carbocycles. The minimum Gasteiger partial charge on any atom is -0.342 e. The lowest BCUT2D eigenvalue weighted by Crippen LogP contribution is -2.48. The maximum atomic E-state index is 12.4. The summed E-state index contributed by atoms with van der Waals surface area (Å²) in [6.07, 6.45) is 7.15. The van der Waals surface area contributed by atoms with E-state index in [0.29, 0.717) is 11.3 Å². The highest BCUT2D eigenvalue weighted by Crippen LogP contribution is 2.38. The van der Waals surface area contributed by atoms with Crippen molar-refractivity contribution in [1.82, 2.24) is 10.2 Å². The Hall–Kier alpha value is -0.570. The molecule has 0 radical (unpaired) electrons. The number of hydrogen-bond donors (Lipinski definition) is 1. The molecule has 2 aliphatic heterocycles. The van der Waals surface area contributed by atoms with E-state index < -0.39 is 0 Å². The van der Waals surface area contributed by atoms with Crippen LogP contribution in [-0.4, -0.2) is 37.0 Å². The van der Waals surface area contributed by atoms with E-state index in [4.69, 9.17) is 0 Å². The predicted molar refractivity (Wildman–Crippen MR) is 74.4 cm³/mol. The number of hydrogen-bond acceptors (Lipinski definition) is 2. The molecule has 0 saturated carbocycles. The Labute approximate surface area is 111 Å². The number of likely N-dealkylation sites (tertiary alicyclic amines) is 1. The maximum Gasteiger partial charge on any atom is 0.226 e. The van der Waals surface area contributed by atoms with Crippen molar-refractivity contribution in [3.05, 3.63) is 0 Å². The summed E-state index contributed by atoms with van der Waals surface area (Å²) in [5.74, 6) is 0.650. The third-order valence-electron chi connectivity index (χ3n) is 5.28. The number of nitrogens with zero attached hydrogens (tertiary/aromatic N) is 1. The van der Waals surface area contributed by atoms with Gasteiger partial charge in [0.05, 0.1) is 5.92 Å². The van der Waals surface area contributed by atoms with Gasteiger partial charge in [0.1, 0.15) is 0 Å². The summed E-state index contributed by atoms with van der Waals surface area (Å²) >= 11 is 0. The Morgan fingerprint density at radius 2 is 1.94 bits per heavy atom. The molecule has 104 valence electrons. The fourth-order valence-electron chi connectivity index (χ4n) is 3.48. The van der Waals surface area contributed by atoms with Crippen molar-refractivity contribution in [3.8, 4) is 0 Å². The number of carbonyl (C=O) groups excluding carboxylic acids is 1. The van der Waals surface area contributed by atoms with Gasteiger partial charge in [-0.15, -0.1) is 0 Å². The third kappa shape index (κ3) is 2.87. The molecule has 1 N–H and O–H groups in total. The first-order valence-corrected chi connectivity index (χ1v) is 7.70. The largest absolute Gasteiger partial charge is 0.342 e. The van der Waals surface area contributed by atoms with Gasteiger partial charge < -0.3 is 10.2 Å². The average Bonchev–Trinajstić information content (AvgIpc) is 2.47. The van der Waals surface area contributed by atoms with Crippen LogP contribution < -0.4 is 5.32 Å². The molecule has 0 aromatic carbocycles. The highest BCUT2D eigenvalue weighted by Gasteiger charge is 2.34. The van der Waals surface area contributed by atoms with Gasteiger partial charge in [0.25, 0.3) is 0 Å². The first-order valence-electron chi connectivity index (χ1n) is 7.70. The van der Waals surface area contributed by atoms with Crippen molar-refractivity contribution in [2.45, 2.75) is 52.4 Å². The van der Waals surface area contributed by atoms with Crippen molar-refractivity contribution in [1.29, 1.82) is 0 Å². The summed E-state index contributed by atoms with van der Waals surface area (Å²) in [6, 6.07) is 0. The minimum absolute atomic E-state index is 0.245. The molecule has 18 heavy (non-hydrogen) atoms. The molecular formula is C15H28N2O. The van der Waals surface area contributed by atoms with Gasteiger partial charge in [-0.2, -0.15) is 0 Å². The van der Waals surface area contributed by atoms with Crippen LogP contribution in [0.3, 0.4) is 0 Å². The van der Waals surface area contributed by atoms with Crippen LogP contribution in [-0.2, 0) is 4.79 Å². The first-order chi connectivity index (χ1) is 8.71. The Kier molecular flexibility index (Phi) is 4.66. The van der Waals surface area contributed by atoms with Crippen LogP contribution in [0.5, 0.6) is 0 Å². The molecule has 0 aromatic rings. The lowest BCUT2D eigenvalue weighted by atomic mass is 9.74. The molecule has 1 atom stereocenters. The summed E-state index contributed by atoms with van der Waals surface area (Å²) in [7, 11) is 0. The highest BCUT2D eigenvalue weighted by molar-refractivity contribution is 5.79. The molecule has 0 aromatic heterocycles. The topological polar surface area (TPSA) is 32.3 Å². The summed E-state index contributed by atoms with van der Waals surface area (Å²) in [4.78, 5) is 14.6. The second kappa shape index (κ2) is 6.05. The minimum atomic E-state index is 0.245. The molecule has 2 fully saturated rings. The van der Waals surface area contributed by atoms with Gasteiger partial charge in [-0.05, 0) is 37.6 Å². The lowest BCUT2D eigenvalue weighted by Gasteiger charge is -2.42. The van der Waals surface area contributed by atoms with E-state index in [9.17, 15) is 4.79 Å². The molecular weight excluding hydrogens is 224 g/mol. The summed E-state index contributed by atoms with van der Waals surface area (Å²) in [6.45, 7) is 8.53. The second-order valence-corrected chi connectivity index (χ2v) is 6.08. The van der Waals surface area contributed by atoms with Crippen LogP contribution in [0.25, 0.3) is 0 Å². The van der Waals surface area contributed by atoms with Crippen molar-refractivity contribution in [3.63, 3.8) is 0 Å². The van der Waals surface area contributed by atoms with E-state index >= 15 is 0 Å². The van der Waals surface area contributed by atoms with Crippen LogP contribution in [0.4, 0.5) is 0 Å². The van der Waals surface area contributed by atoms with E-state index in [1.54, 1.807) is 0 Å². The average molecular weight is 252 g/mol. The normalized spacial score (nSPS) is 28.1. The van der Waals surface area contributed by atoms with E-state index in [1.807, 2.05) is 0 Å². The smallest absolute Gasteiger partial charge is 0.226 e. The van der Waals surface area contributed by atoms with E-state index in [2.05, 4.69) is 24.1 Å². The maximum absolute atomic E-state index is 12.4. The molecule has 0 spiro atoms. The fraction of sp³-hybridized carbons (Fsp3) is 0.933. The zero-order valence-electron chi connectivity index (χ0n) is 12.0. The van der Waals surface area contributed by atoms with E-state index in [1.165, 1.54) is 25.7 Å². The van der Waals surface area contributed by atoms with Crippen molar-refractivity contribution in [2.24, 2.45) is 11.3 Å². The quantitative estimate of drug-likeness (QED) is 0.836. The van der Waals surface area contributed by atoms with Crippen LogP contribution in [0.2, 0.25) is 0 Å². The Morgan fingerprint density at radius 3 is 2.44 bits per heavy atom. The zero-order valence-corrected chi connectivity index (χ0v) is 12.0. The number of rotatable bonds is 3. The molecule has 2 saturated heterocycles. The van der Waals surface area contributed by atoms with Gasteiger partial charge >= 0.3 is 0 Å². The molecule has 0 bridgehead atoms. The molecule has 3 heteroatoms. The summed E-state index contributed by atoms with van der Waals surface area (Å²) in [5.41, 5.74) is 0.515. The Bertz CT molecular complexity index is 270. The second-order valence-electron chi connectivity index (χ2n) is 6.08. The molecule has 2 rings (SSSR count). The van der Waals surface area contributed by atoms with Gasteiger partial charge in [-0.1, -0.05) is 26.7 Å². The Balaban J connectivity index is 1.87.